The number of aliphatic imine (C=N–C) groups is 1. The van der Waals surface area contributed by atoms with Crippen LogP contribution in [-0.4, -0.2) is 29.4 Å². The van der Waals surface area contributed by atoms with Crippen molar-refractivity contribution in [2.45, 2.75) is 13.3 Å². The van der Waals surface area contributed by atoms with E-state index in [0.29, 0.717) is 23.7 Å². The third-order valence-electron chi connectivity index (χ3n) is 4.40. The summed E-state index contributed by atoms with van der Waals surface area (Å²) in [6.07, 6.45) is 3.95. The summed E-state index contributed by atoms with van der Waals surface area (Å²) in [6.45, 7) is 1.87. The van der Waals surface area contributed by atoms with E-state index in [9.17, 15) is 0 Å². The lowest BCUT2D eigenvalue weighted by atomic mass is 9.97. The van der Waals surface area contributed by atoms with Crippen molar-refractivity contribution < 1.29 is 4.84 Å². The van der Waals surface area contributed by atoms with Gasteiger partial charge in [0.25, 0.3) is 0 Å². The summed E-state index contributed by atoms with van der Waals surface area (Å²) in [4.78, 5) is 13.4. The zero-order valence-corrected chi connectivity index (χ0v) is 16.5. The molecule has 0 aliphatic carbocycles. The molecule has 0 aliphatic heterocycles. The molecule has 0 radical (unpaired) electrons. The van der Waals surface area contributed by atoms with Crippen molar-refractivity contribution in [1.29, 1.82) is 5.41 Å². The van der Waals surface area contributed by atoms with E-state index < -0.39 is 0 Å². The van der Waals surface area contributed by atoms with Crippen LogP contribution in [0.25, 0.3) is 0 Å². The third-order valence-corrected chi connectivity index (χ3v) is 4.40. The molecule has 0 fully saturated rings. The predicted octanol–water partition coefficient (Wildman–Crippen LogP) is 4.10. The van der Waals surface area contributed by atoms with E-state index in [1.165, 1.54) is 7.11 Å². The van der Waals surface area contributed by atoms with Crippen LogP contribution in [0.3, 0.4) is 0 Å². The summed E-state index contributed by atoms with van der Waals surface area (Å²) >= 11 is 0. The summed E-state index contributed by atoms with van der Waals surface area (Å²) in [7, 11) is 1.52. The Morgan fingerprint density at radius 2 is 1.76 bits per heavy atom. The maximum Gasteiger partial charge on any atom is 0.132 e. The van der Waals surface area contributed by atoms with Crippen LogP contribution in [0.4, 0.5) is 5.69 Å². The van der Waals surface area contributed by atoms with Crippen LogP contribution in [0.5, 0.6) is 0 Å². The number of oxime groups is 1. The lowest BCUT2D eigenvalue weighted by Crippen LogP contribution is -2.18. The second kappa shape index (κ2) is 9.41. The van der Waals surface area contributed by atoms with Crippen molar-refractivity contribution in [3.8, 4) is 0 Å². The van der Waals surface area contributed by atoms with Crippen LogP contribution < -0.4 is 5.73 Å². The number of hydrogen-bond acceptors (Lipinski definition) is 5. The molecule has 0 aliphatic rings. The summed E-state index contributed by atoms with van der Waals surface area (Å²) in [6, 6.07) is 19.0. The van der Waals surface area contributed by atoms with Gasteiger partial charge in [-0.2, -0.15) is 0 Å². The SMILES string of the molecule is CO/N=C(\C)c1cccc(N=C(N)c2ccccc2C(=N)Cc2ccncc2)c1. The number of aromatic nitrogens is 1. The minimum absolute atomic E-state index is 0.360. The number of pyridine rings is 1. The fourth-order valence-corrected chi connectivity index (χ4v) is 2.96. The molecule has 3 N–H and O–H groups in total. The Hall–Kier alpha value is -3.80. The molecule has 6 nitrogen and oxygen atoms in total. The molecule has 29 heavy (non-hydrogen) atoms. The standard InChI is InChI=1S/C23H23N5O/c1-16(28-29-2)18-6-5-7-19(15-18)27-23(25)21-9-4-3-8-20(21)22(24)14-17-10-12-26-13-11-17/h3-13,15,24H,14H2,1-2H3,(H2,25,27)/b24-22?,28-16+. The molecule has 0 bridgehead atoms. The van der Waals surface area contributed by atoms with E-state index in [-0.39, 0.29) is 0 Å². The zero-order chi connectivity index (χ0) is 20.6. The summed E-state index contributed by atoms with van der Waals surface area (Å²) in [5, 5.41) is 12.5. The lowest BCUT2D eigenvalue weighted by molar-refractivity contribution is 0.213. The highest BCUT2D eigenvalue weighted by Crippen LogP contribution is 2.18. The van der Waals surface area contributed by atoms with Crippen LogP contribution in [0.1, 0.15) is 29.2 Å². The molecule has 2 aromatic carbocycles. The summed E-state index contributed by atoms with van der Waals surface area (Å²) in [5.74, 6) is 0.360. The number of nitrogens with two attached hydrogens (primary N) is 1. The highest BCUT2D eigenvalue weighted by molar-refractivity contribution is 6.11. The van der Waals surface area contributed by atoms with Crippen molar-refractivity contribution >= 4 is 22.9 Å². The molecular weight excluding hydrogens is 362 g/mol. The molecule has 0 saturated heterocycles. The Morgan fingerprint density at radius 3 is 2.48 bits per heavy atom. The van der Waals surface area contributed by atoms with E-state index in [1.54, 1.807) is 12.4 Å². The van der Waals surface area contributed by atoms with Gasteiger partial charge in [0.1, 0.15) is 12.9 Å². The van der Waals surface area contributed by atoms with Crippen LogP contribution in [0.2, 0.25) is 0 Å². The van der Waals surface area contributed by atoms with E-state index in [2.05, 4.69) is 15.1 Å². The Labute approximate surface area is 170 Å². The highest BCUT2D eigenvalue weighted by atomic mass is 16.6. The normalized spacial score (nSPS) is 11.9. The van der Waals surface area contributed by atoms with Gasteiger partial charge in [0, 0.05) is 41.2 Å². The first kappa shape index (κ1) is 19.9. The number of amidine groups is 1. The van der Waals surface area contributed by atoms with Crippen LogP contribution in [0, 0.1) is 5.41 Å². The molecule has 0 spiro atoms. The Bertz CT molecular complexity index is 1060. The summed E-state index contributed by atoms with van der Waals surface area (Å²) in [5.41, 5.74) is 11.7. The molecule has 3 rings (SSSR count). The smallest absolute Gasteiger partial charge is 0.132 e. The van der Waals surface area contributed by atoms with Gasteiger partial charge < -0.3 is 16.0 Å². The van der Waals surface area contributed by atoms with Crippen LogP contribution in [-0.2, 0) is 11.3 Å². The molecule has 0 saturated carbocycles. The third kappa shape index (κ3) is 5.13. The first-order valence-electron chi connectivity index (χ1n) is 9.17. The van der Waals surface area contributed by atoms with Gasteiger partial charge in [0.05, 0.1) is 11.4 Å². The number of nitrogens with zero attached hydrogens (tertiary/aromatic N) is 3. The van der Waals surface area contributed by atoms with Crippen LogP contribution in [0.15, 0.2) is 83.2 Å². The van der Waals surface area contributed by atoms with Gasteiger partial charge >= 0.3 is 0 Å². The fraction of sp³-hybridized carbons (Fsp3) is 0.130. The van der Waals surface area contributed by atoms with Crippen molar-refractivity contribution in [2.75, 3.05) is 7.11 Å². The monoisotopic (exact) mass is 385 g/mol. The van der Waals surface area contributed by atoms with Gasteiger partial charge in [-0.25, -0.2) is 4.99 Å². The zero-order valence-electron chi connectivity index (χ0n) is 16.5. The number of nitrogens with one attached hydrogen (secondary N) is 1. The quantitative estimate of drug-likeness (QED) is 0.364. The van der Waals surface area contributed by atoms with Gasteiger partial charge in [0.15, 0.2) is 0 Å². The highest BCUT2D eigenvalue weighted by Gasteiger charge is 2.11. The fourth-order valence-electron chi connectivity index (χ4n) is 2.96. The lowest BCUT2D eigenvalue weighted by Gasteiger charge is -2.11. The molecule has 146 valence electrons. The maximum atomic E-state index is 8.56. The van der Waals surface area contributed by atoms with Gasteiger partial charge in [0.2, 0.25) is 0 Å². The Morgan fingerprint density at radius 1 is 1.03 bits per heavy atom. The predicted molar refractivity (Wildman–Crippen MR) is 117 cm³/mol. The van der Waals surface area contributed by atoms with E-state index in [4.69, 9.17) is 16.0 Å². The van der Waals surface area contributed by atoms with Gasteiger partial charge in [-0.1, -0.05) is 41.6 Å². The largest absolute Gasteiger partial charge is 0.399 e. The van der Waals surface area contributed by atoms with E-state index >= 15 is 0 Å². The molecular formula is C23H23N5O. The molecule has 1 heterocycles. The second-order valence-electron chi connectivity index (χ2n) is 6.46. The summed E-state index contributed by atoms with van der Waals surface area (Å²) < 4.78 is 0. The molecule has 0 amide bonds. The average molecular weight is 385 g/mol. The van der Waals surface area contributed by atoms with Gasteiger partial charge in [-0.05, 0) is 36.8 Å². The first-order valence-corrected chi connectivity index (χ1v) is 9.17. The maximum absolute atomic E-state index is 8.56. The number of benzene rings is 2. The van der Waals surface area contributed by atoms with Crippen molar-refractivity contribution in [3.05, 3.63) is 95.3 Å². The van der Waals surface area contributed by atoms with E-state index in [1.807, 2.05) is 67.6 Å². The molecule has 3 aromatic rings. The average Bonchev–Trinajstić information content (AvgIpc) is 2.75. The van der Waals surface area contributed by atoms with Crippen LogP contribution >= 0.6 is 0 Å². The topological polar surface area (TPSA) is 96.7 Å². The van der Waals surface area contributed by atoms with Crippen molar-refractivity contribution in [2.24, 2.45) is 15.9 Å². The Balaban J connectivity index is 1.90. The molecule has 0 unspecified atom stereocenters. The van der Waals surface area contributed by atoms with Gasteiger partial charge in [-0.15, -0.1) is 0 Å². The molecule has 6 heteroatoms. The van der Waals surface area contributed by atoms with E-state index in [0.717, 1.165) is 28.0 Å². The van der Waals surface area contributed by atoms with Crippen molar-refractivity contribution in [1.82, 2.24) is 4.98 Å². The van der Waals surface area contributed by atoms with Crippen molar-refractivity contribution in [3.63, 3.8) is 0 Å². The Kier molecular flexibility index (Phi) is 6.47. The minimum atomic E-state index is 0.360. The first-order chi connectivity index (χ1) is 14.1. The molecule has 1 aromatic heterocycles. The number of rotatable bonds is 7. The minimum Gasteiger partial charge on any atom is -0.399 e. The number of hydrogen-bond donors (Lipinski definition) is 2. The second-order valence-corrected chi connectivity index (χ2v) is 6.46. The van der Waals surface area contributed by atoms with Gasteiger partial charge in [-0.3, -0.25) is 4.98 Å². The molecule has 0 atom stereocenters.